The molecule has 0 unspecified atom stereocenters. The van der Waals surface area contributed by atoms with Crippen LogP contribution >= 0.6 is 11.6 Å². The molecule has 1 amide bonds. The molecule has 0 atom stereocenters. The van der Waals surface area contributed by atoms with Crippen LogP contribution in [0.2, 0.25) is 5.02 Å². The third-order valence-corrected chi connectivity index (χ3v) is 3.91. The SMILES string of the molecule is CC(=O)Nc1cccc(CNc2ccccc2Oc2ccc(Cl)cc2)c1. The van der Waals surface area contributed by atoms with Gasteiger partial charge in [0.2, 0.25) is 5.91 Å². The van der Waals surface area contributed by atoms with Gasteiger partial charge in [-0.15, -0.1) is 0 Å². The Bertz CT molecular complexity index is 895. The Labute approximate surface area is 157 Å². The molecular formula is C21H19ClN2O2. The third-order valence-electron chi connectivity index (χ3n) is 3.66. The van der Waals surface area contributed by atoms with E-state index in [9.17, 15) is 4.79 Å². The van der Waals surface area contributed by atoms with Gasteiger partial charge >= 0.3 is 0 Å². The molecule has 0 fully saturated rings. The van der Waals surface area contributed by atoms with Gasteiger partial charge in [-0.3, -0.25) is 4.79 Å². The molecule has 0 saturated carbocycles. The highest BCUT2D eigenvalue weighted by Gasteiger charge is 2.05. The average Bonchev–Trinajstić information content (AvgIpc) is 2.63. The molecule has 5 heteroatoms. The van der Waals surface area contributed by atoms with Crippen LogP contribution in [0.5, 0.6) is 11.5 Å². The lowest BCUT2D eigenvalue weighted by molar-refractivity contribution is -0.114. The second-order valence-corrected chi connectivity index (χ2v) is 6.22. The van der Waals surface area contributed by atoms with Gasteiger partial charge in [-0.05, 0) is 54.1 Å². The third kappa shape index (κ3) is 5.01. The Morgan fingerprint density at radius 1 is 1.00 bits per heavy atom. The zero-order valence-electron chi connectivity index (χ0n) is 14.3. The monoisotopic (exact) mass is 366 g/mol. The Balaban J connectivity index is 1.70. The van der Waals surface area contributed by atoms with Crippen LogP contribution in [0.15, 0.2) is 72.8 Å². The van der Waals surface area contributed by atoms with Crippen LogP contribution in [0.4, 0.5) is 11.4 Å². The van der Waals surface area contributed by atoms with E-state index in [1.165, 1.54) is 6.92 Å². The van der Waals surface area contributed by atoms with Crippen LogP contribution < -0.4 is 15.4 Å². The zero-order valence-corrected chi connectivity index (χ0v) is 15.1. The average molecular weight is 367 g/mol. The van der Waals surface area contributed by atoms with Gasteiger partial charge in [-0.1, -0.05) is 35.9 Å². The summed E-state index contributed by atoms with van der Waals surface area (Å²) in [5, 5.41) is 6.84. The highest BCUT2D eigenvalue weighted by Crippen LogP contribution is 2.30. The van der Waals surface area contributed by atoms with Crippen LogP contribution in [0, 0.1) is 0 Å². The maximum absolute atomic E-state index is 11.2. The number of rotatable bonds is 6. The number of anilines is 2. The lowest BCUT2D eigenvalue weighted by Crippen LogP contribution is -2.07. The van der Waals surface area contributed by atoms with Crippen LogP contribution in [-0.2, 0) is 11.3 Å². The molecule has 0 aliphatic heterocycles. The summed E-state index contributed by atoms with van der Waals surface area (Å²) in [6.45, 7) is 2.10. The second kappa shape index (κ2) is 8.41. The van der Waals surface area contributed by atoms with Crippen molar-refractivity contribution in [1.29, 1.82) is 0 Å². The van der Waals surface area contributed by atoms with Crippen molar-refractivity contribution in [3.05, 3.63) is 83.4 Å². The first-order valence-electron chi connectivity index (χ1n) is 8.23. The Morgan fingerprint density at radius 3 is 2.54 bits per heavy atom. The number of ether oxygens (including phenoxy) is 1. The number of halogens is 1. The molecule has 3 aromatic rings. The van der Waals surface area contributed by atoms with E-state index in [-0.39, 0.29) is 5.91 Å². The van der Waals surface area contributed by atoms with Gasteiger partial charge in [-0.25, -0.2) is 0 Å². The fourth-order valence-corrected chi connectivity index (χ4v) is 2.62. The van der Waals surface area contributed by atoms with Gasteiger partial charge in [-0.2, -0.15) is 0 Å². The number of hydrogen-bond donors (Lipinski definition) is 2. The zero-order chi connectivity index (χ0) is 18.4. The molecule has 0 aromatic heterocycles. The van der Waals surface area contributed by atoms with Crippen molar-refractivity contribution < 1.29 is 9.53 Å². The van der Waals surface area contributed by atoms with Gasteiger partial charge in [0.1, 0.15) is 5.75 Å². The number of benzene rings is 3. The van der Waals surface area contributed by atoms with Crippen molar-refractivity contribution in [3.63, 3.8) is 0 Å². The fourth-order valence-electron chi connectivity index (χ4n) is 2.49. The van der Waals surface area contributed by atoms with Crippen molar-refractivity contribution in [2.45, 2.75) is 13.5 Å². The Hall–Kier alpha value is -2.98. The van der Waals surface area contributed by atoms with E-state index in [1.54, 1.807) is 12.1 Å². The number of amides is 1. The highest BCUT2D eigenvalue weighted by atomic mass is 35.5. The normalized spacial score (nSPS) is 10.2. The Kier molecular flexibility index (Phi) is 5.77. The molecule has 0 spiro atoms. The summed E-state index contributed by atoms with van der Waals surface area (Å²) in [7, 11) is 0. The topological polar surface area (TPSA) is 50.4 Å². The van der Waals surface area contributed by atoms with Gasteiger partial charge in [0, 0.05) is 24.2 Å². The standard InChI is InChI=1S/C21H19ClN2O2/c1-15(25)24-18-6-4-5-16(13-18)14-23-20-7-2-3-8-21(20)26-19-11-9-17(22)10-12-19/h2-13,23H,14H2,1H3,(H,24,25). The van der Waals surface area contributed by atoms with Crippen LogP contribution in [0.25, 0.3) is 0 Å². The van der Waals surface area contributed by atoms with Gasteiger partial charge in [0.25, 0.3) is 0 Å². The summed E-state index contributed by atoms with van der Waals surface area (Å²) >= 11 is 5.91. The summed E-state index contributed by atoms with van der Waals surface area (Å²) in [5.41, 5.74) is 2.72. The molecular weight excluding hydrogens is 348 g/mol. The van der Waals surface area contributed by atoms with Crippen molar-refractivity contribution in [2.24, 2.45) is 0 Å². The summed E-state index contributed by atoms with van der Waals surface area (Å²) in [6, 6.07) is 22.7. The van der Waals surface area contributed by atoms with E-state index in [4.69, 9.17) is 16.3 Å². The largest absolute Gasteiger partial charge is 0.455 e. The first kappa shape index (κ1) is 17.8. The van der Waals surface area contributed by atoms with E-state index >= 15 is 0 Å². The summed E-state index contributed by atoms with van der Waals surface area (Å²) in [4.78, 5) is 11.2. The van der Waals surface area contributed by atoms with E-state index in [1.807, 2.05) is 60.7 Å². The van der Waals surface area contributed by atoms with Crippen LogP contribution in [0.3, 0.4) is 0 Å². The summed E-state index contributed by atoms with van der Waals surface area (Å²) in [5.74, 6) is 1.36. The quantitative estimate of drug-likeness (QED) is 0.588. The lowest BCUT2D eigenvalue weighted by atomic mass is 10.2. The molecule has 3 rings (SSSR count). The molecule has 4 nitrogen and oxygen atoms in total. The number of para-hydroxylation sites is 2. The van der Waals surface area contributed by atoms with Crippen LogP contribution in [-0.4, -0.2) is 5.91 Å². The van der Waals surface area contributed by atoms with Crippen molar-refractivity contribution >= 4 is 28.9 Å². The maximum atomic E-state index is 11.2. The fraction of sp³-hybridized carbons (Fsp3) is 0.0952. The number of nitrogens with one attached hydrogen (secondary N) is 2. The molecule has 0 heterocycles. The van der Waals surface area contributed by atoms with Crippen LogP contribution in [0.1, 0.15) is 12.5 Å². The minimum Gasteiger partial charge on any atom is -0.455 e. The maximum Gasteiger partial charge on any atom is 0.221 e. The van der Waals surface area contributed by atoms with Gasteiger partial charge < -0.3 is 15.4 Å². The molecule has 26 heavy (non-hydrogen) atoms. The molecule has 0 radical (unpaired) electrons. The van der Waals surface area contributed by atoms with Crippen molar-refractivity contribution in [3.8, 4) is 11.5 Å². The first-order valence-corrected chi connectivity index (χ1v) is 8.61. The predicted octanol–water partition coefficient (Wildman–Crippen LogP) is 5.70. The molecule has 0 aliphatic carbocycles. The van der Waals surface area contributed by atoms with E-state index < -0.39 is 0 Å². The molecule has 0 saturated heterocycles. The van der Waals surface area contributed by atoms with E-state index in [0.717, 1.165) is 28.4 Å². The second-order valence-electron chi connectivity index (χ2n) is 5.79. The van der Waals surface area contributed by atoms with E-state index in [0.29, 0.717) is 11.6 Å². The summed E-state index contributed by atoms with van der Waals surface area (Å²) in [6.07, 6.45) is 0. The van der Waals surface area contributed by atoms with Gasteiger partial charge in [0.05, 0.1) is 5.69 Å². The minimum atomic E-state index is -0.0863. The number of carbonyl (C=O) groups excluding carboxylic acids is 1. The lowest BCUT2D eigenvalue weighted by Gasteiger charge is -2.13. The first-order chi connectivity index (χ1) is 12.6. The Morgan fingerprint density at radius 2 is 1.77 bits per heavy atom. The van der Waals surface area contributed by atoms with Crippen molar-refractivity contribution in [2.75, 3.05) is 10.6 Å². The molecule has 0 aliphatic rings. The highest BCUT2D eigenvalue weighted by molar-refractivity contribution is 6.30. The summed E-state index contributed by atoms with van der Waals surface area (Å²) < 4.78 is 5.95. The smallest absolute Gasteiger partial charge is 0.221 e. The molecule has 0 bridgehead atoms. The predicted molar refractivity (Wildman–Crippen MR) is 106 cm³/mol. The molecule has 3 aromatic carbocycles. The molecule has 132 valence electrons. The number of carbonyl (C=O) groups is 1. The van der Waals surface area contributed by atoms with Gasteiger partial charge in [0.15, 0.2) is 5.75 Å². The minimum absolute atomic E-state index is 0.0863. The molecule has 2 N–H and O–H groups in total. The van der Waals surface area contributed by atoms with Crippen molar-refractivity contribution in [1.82, 2.24) is 0 Å². The number of hydrogen-bond acceptors (Lipinski definition) is 3. The van der Waals surface area contributed by atoms with E-state index in [2.05, 4.69) is 10.6 Å².